The molecular weight excluding hydrogens is 294 g/mol. The quantitative estimate of drug-likeness (QED) is 0.585. The van der Waals surface area contributed by atoms with E-state index in [4.69, 9.17) is 4.74 Å². The number of alkyl carbamates (subject to hydrolysis) is 1. The molecule has 134 valence electrons. The topological polar surface area (TPSA) is 75.6 Å². The Hall–Kier alpha value is -1.26. The van der Waals surface area contributed by atoms with Gasteiger partial charge in [-0.15, -0.1) is 0 Å². The molecular formula is C18H33NO4. The summed E-state index contributed by atoms with van der Waals surface area (Å²) >= 11 is 0. The zero-order valence-electron chi connectivity index (χ0n) is 15.1. The maximum absolute atomic E-state index is 11.9. The van der Waals surface area contributed by atoms with Gasteiger partial charge in [-0.2, -0.15) is 0 Å². The van der Waals surface area contributed by atoms with Gasteiger partial charge < -0.3 is 15.2 Å². The van der Waals surface area contributed by atoms with E-state index in [1.807, 2.05) is 0 Å². The van der Waals surface area contributed by atoms with E-state index >= 15 is 0 Å². The lowest BCUT2D eigenvalue weighted by Crippen LogP contribution is -2.46. The number of hydrogen-bond donors (Lipinski definition) is 2. The SMILES string of the molecule is CCCCCCCC(CNC(=O)OC(C)(C)C)(C(=O)O)C1CC1. The molecule has 1 unspecified atom stereocenters. The summed E-state index contributed by atoms with van der Waals surface area (Å²) in [4.78, 5) is 23.8. The predicted octanol–water partition coefficient (Wildman–Crippen LogP) is 4.35. The fourth-order valence-electron chi connectivity index (χ4n) is 3.02. The Morgan fingerprint density at radius 3 is 2.22 bits per heavy atom. The van der Waals surface area contributed by atoms with Crippen LogP contribution in [0, 0.1) is 11.3 Å². The number of nitrogens with one attached hydrogen (secondary N) is 1. The third kappa shape index (κ3) is 6.80. The van der Waals surface area contributed by atoms with Crippen LogP contribution in [0.3, 0.4) is 0 Å². The van der Waals surface area contributed by atoms with Crippen LogP contribution in [0.4, 0.5) is 4.79 Å². The molecule has 5 nitrogen and oxygen atoms in total. The van der Waals surface area contributed by atoms with Crippen LogP contribution in [0.1, 0.15) is 79.1 Å². The molecule has 0 aliphatic heterocycles. The third-order valence-electron chi connectivity index (χ3n) is 4.46. The number of hydrogen-bond acceptors (Lipinski definition) is 3. The maximum atomic E-state index is 11.9. The monoisotopic (exact) mass is 327 g/mol. The average Bonchev–Trinajstić information content (AvgIpc) is 3.24. The lowest BCUT2D eigenvalue weighted by Gasteiger charge is -2.30. The zero-order valence-corrected chi connectivity index (χ0v) is 15.1. The van der Waals surface area contributed by atoms with Gasteiger partial charge in [-0.1, -0.05) is 39.0 Å². The number of carbonyl (C=O) groups is 2. The van der Waals surface area contributed by atoms with E-state index in [9.17, 15) is 14.7 Å². The Bertz CT molecular complexity index is 398. The predicted molar refractivity (Wildman–Crippen MR) is 90.4 cm³/mol. The van der Waals surface area contributed by atoms with E-state index < -0.39 is 23.1 Å². The second-order valence-electron chi connectivity index (χ2n) is 7.76. The van der Waals surface area contributed by atoms with Crippen molar-refractivity contribution in [2.45, 2.75) is 84.7 Å². The number of amides is 1. The van der Waals surface area contributed by atoms with Gasteiger partial charge >= 0.3 is 12.1 Å². The fourth-order valence-corrected chi connectivity index (χ4v) is 3.02. The second kappa shape index (κ2) is 8.55. The van der Waals surface area contributed by atoms with Crippen LogP contribution in [0.25, 0.3) is 0 Å². The Kier molecular flexibility index (Phi) is 7.36. The minimum absolute atomic E-state index is 0.162. The van der Waals surface area contributed by atoms with Crippen molar-refractivity contribution >= 4 is 12.1 Å². The van der Waals surface area contributed by atoms with Crippen molar-refractivity contribution in [1.82, 2.24) is 5.32 Å². The molecule has 1 amide bonds. The lowest BCUT2D eigenvalue weighted by molar-refractivity contribution is -0.150. The zero-order chi connectivity index (χ0) is 17.5. The first-order valence-electron chi connectivity index (χ1n) is 8.91. The van der Waals surface area contributed by atoms with Gasteiger partial charge in [0.1, 0.15) is 5.60 Å². The Morgan fingerprint density at radius 1 is 1.13 bits per heavy atom. The van der Waals surface area contributed by atoms with Crippen LogP contribution < -0.4 is 5.32 Å². The molecule has 23 heavy (non-hydrogen) atoms. The minimum atomic E-state index is -0.830. The molecule has 0 aromatic rings. The molecule has 0 radical (unpaired) electrons. The molecule has 5 heteroatoms. The highest BCUT2D eigenvalue weighted by molar-refractivity contribution is 5.77. The molecule has 0 spiro atoms. The van der Waals surface area contributed by atoms with Crippen LogP contribution in [0.5, 0.6) is 0 Å². The summed E-state index contributed by atoms with van der Waals surface area (Å²) in [6, 6.07) is 0. The van der Waals surface area contributed by atoms with Crippen molar-refractivity contribution < 1.29 is 19.4 Å². The number of aliphatic carboxylic acids is 1. The molecule has 1 atom stereocenters. The Labute approximate surface area is 140 Å². The number of rotatable bonds is 10. The summed E-state index contributed by atoms with van der Waals surface area (Å²) < 4.78 is 5.23. The van der Waals surface area contributed by atoms with Crippen LogP contribution in [0.2, 0.25) is 0 Å². The van der Waals surface area contributed by atoms with E-state index in [1.165, 1.54) is 12.8 Å². The van der Waals surface area contributed by atoms with Crippen molar-refractivity contribution in [3.8, 4) is 0 Å². The van der Waals surface area contributed by atoms with Gasteiger partial charge in [0.25, 0.3) is 0 Å². The largest absolute Gasteiger partial charge is 0.481 e. The number of carboxylic acid groups (broad SMARTS) is 1. The summed E-state index contributed by atoms with van der Waals surface area (Å²) in [5.74, 6) is -0.604. The molecule has 1 saturated carbocycles. The maximum Gasteiger partial charge on any atom is 0.407 e. The van der Waals surface area contributed by atoms with E-state index in [2.05, 4.69) is 12.2 Å². The van der Waals surface area contributed by atoms with E-state index in [1.54, 1.807) is 20.8 Å². The highest BCUT2D eigenvalue weighted by Gasteiger charge is 2.50. The highest BCUT2D eigenvalue weighted by Crippen LogP contribution is 2.48. The van der Waals surface area contributed by atoms with Gasteiger partial charge in [0.2, 0.25) is 0 Å². The summed E-state index contributed by atoms with van der Waals surface area (Å²) in [6.45, 7) is 7.72. The molecule has 0 aromatic heterocycles. The molecule has 1 rings (SSSR count). The molecule has 1 fully saturated rings. The molecule has 1 aliphatic rings. The smallest absolute Gasteiger partial charge is 0.407 e. The molecule has 0 heterocycles. The molecule has 2 N–H and O–H groups in total. The van der Waals surface area contributed by atoms with Gasteiger partial charge in [-0.25, -0.2) is 4.79 Å². The number of ether oxygens (including phenoxy) is 1. The molecule has 0 bridgehead atoms. The summed E-state index contributed by atoms with van der Waals surface area (Å²) in [6.07, 6.45) is 7.46. The molecule has 0 aromatic carbocycles. The summed E-state index contributed by atoms with van der Waals surface area (Å²) in [5, 5.41) is 12.5. The van der Waals surface area contributed by atoms with Gasteiger partial charge in [-0.3, -0.25) is 4.79 Å². The fraction of sp³-hybridized carbons (Fsp3) is 0.889. The van der Waals surface area contributed by atoms with E-state index in [-0.39, 0.29) is 12.5 Å². The van der Waals surface area contributed by atoms with E-state index in [0.717, 1.165) is 32.1 Å². The number of carbonyl (C=O) groups excluding carboxylic acids is 1. The van der Waals surface area contributed by atoms with Crippen LogP contribution in [-0.4, -0.2) is 29.3 Å². The van der Waals surface area contributed by atoms with Crippen molar-refractivity contribution in [2.24, 2.45) is 11.3 Å². The van der Waals surface area contributed by atoms with Crippen LogP contribution in [-0.2, 0) is 9.53 Å². The minimum Gasteiger partial charge on any atom is -0.481 e. The summed E-state index contributed by atoms with van der Waals surface area (Å²) in [5.41, 5.74) is -1.40. The van der Waals surface area contributed by atoms with Gasteiger partial charge in [-0.05, 0) is 46.0 Å². The van der Waals surface area contributed by atoms with Gasteiger partial charge in [0.05, 0.1) is 5.41 Å². The van der Waals surface area contributed by atoms with E-state index in [0.29, 0.717) is 6.42 Å². The van der Waals surface area contributed by atoms with Crippen molar-refractivity contribution in [3.63, 3.8) is 0 Å². The van der Waals surface area contributed by atoms with Crippen molar-refractivity contribution in [2.75, 3.05) is 6.54 Å². The third-order valence-corrected chi connectivity index (χ3v) is 4.46. The van der Waals surface area contributed by atoms with Crippen molar-refractivity contribution in [3.05, 3.63) is 0 Å². The standard InChI is InChI=1S/C18H33NO4/c1-5-6-7-8-9-12-18(15(20)21,14-10-11-14)13-19-16(22)23-17(2,3)4/h14H,5-13H2,1-4H3,(H,19,22)(H,20,21). The van der Waals surface area contributed by atoms with Gasteiger partial charge in [0.15, 0.2) is 0 Å². The molecule has 1 aliphatic carbocycles. The number of carboxylic acids is 1. The highest BCUT2D eigenvalue weighted by atomic mass is 16.6. The normalized spacial score (nSPS) is 17.4. The Balaban J connectivity index is 2.58. The van der Waals surface area contributed by atoms with Crippen LogP contribution >= 0.6 is 0 Å². The first kappa shape index (κ1) is 19.8. The lowest BCUT2D eigenvalue weighted by atomic mass is 9.77. The van der Waals surface area contributed by atoms with Gasteiger partial charge in [0, 0.05) is 6.54 Å². The first-order chi connectivity index (χ1) is 10.7. The molecule has 0 saturated heterocycles. The summed E-state index contributed by atoms with van der Waals surface area (Å²) in [7, 11) is 0. The first-order valence-corrected chi connectivity index (χ1v) is 8.91. The Morgan fingerprint density at radius 2 is 1.74 bits per heavy atom. The average molecular weight is 327 g/mol. The second-order valence-corrected chi connectivity index (χ2v) is 7.76. The number of unbranched alkanes of at least 4 members (excludes halogenated alkanes) is 4. The van der Waals surface area contributed by atoms with Crippen molar-refractivity contribution in [1.29, 1.82) is 0 Å². The van der Waals surface area contributed by atoms with Crippen LogP contribution in [0.15, 0.2) is 0 Å².